The minimum Gasteiger partial charge on any atom is -0.504 e. The number of ether oxygens (including phenoxy) is 1. The number of amides is 2. The van der Waals surface area contributed by atoms with Crippen LogP contribution in [0.15, 0.2) is 35.5 Å². The molecule has 128 valence electrons. The Balaban J connectivity index is 1.42. The summed E-state index contributed by atoms with van der Waals surface area (Å²) < 4.78 is 5.06. The fourth-order valence-electron chi connectivity index (χ4n) is 5.08. The highest BCUT2D eigenvalue weighted by atomic mass is 16.5. The van der Waals surface area contributed by atoms with Crippen LogP contribution in [0.4, 0.5) is 0 Å². The minimum atomic E-state index is -0.239. The Kier molecular flexibility index (Phi) is 2.77. The number of nitrogens with zero attached hydrogens (tertiary/aromatic N) is 2. The number of imide groups is 1. The van der Waals surface area contributed by atoms with Gasteiger partial charge in [0, 0.05) is 0 Å². The molecule has 6 nitrogen and oxygen atoms in total. The number of rotatable bonds is 3. The van der Waals surface area contributed by atoms with Crippen molar-refractivity contribution in [2.75, 3.05) is 7.11 Å². The third-order valence-electron chi connectivity index (χ3n) is 6.36. The number of hydrogen-bond donors (Lipinski definition) is 1. The highest BCUT2D eigenvalue weighted by molar-refractivity contribution is 6.07. The molecule has 0 radical (unpaired) electrons. The van der Waals surface area contributed by atoms with Gasteiger partial charge in [-0.15, -0.1) is 0 Å². The molecule has 25 heavy (non-hydrogen) atoms. The first-order chi connectivity index (χ1) is 12.1. The molecule has 2 bridgehead atoms. The summed E-state index contributed by atoms with van der Waals surface area (Å²) in [6.45, 7) is 0. The van der Waals surface area contributed by atoms with E-state index in [1.54, 1.807) is 12.1 Å². The van der Waals surface area contributed by atoms with Gasteiger partial charge in [-0.25, -0.2) is 0 Å². The Labute approximate surface area is 144 Å². The summed E-state index contributed by atoms with van der Waals surface area (Å²) >= 11 is 0. The number of methoxy groups -OCH3 is 1. The molecule has 4 aliphatic rings. The van der Waals surface area contributed by atoms with Crippen LogP contribution in [-0.2, 0) is 9.59 Å². The zero-order chi connectivity index (χ0) is 17.3. The molecule has 1 saturated heterocycles. The largest absolute Gasteiger partial charge is 0.504 e. The van der Waals surface area contributed by atoms with E-state index < -0.39 is 0 Å². The van der Waals surface area contributed by atoms with Crippen LogP contribution in [0.5, 0.6) is 11.5 Å². The third-order valence-corrected chi connectivity index (χ3v) is 6.36. The number of aromatic hydroxyl groups is 1. The predicted octanol–water partition coefficient (Wildman–Crippen LogP) is 1.93. The summed E-state index contributed by atoms with van der Waals surface area (Å²) in [5.41, 5.74) is 0.841. The van der Waals surface area contributed by atoms with Crippen molar-refractivity contribution in [3.63, 3.8) is 0 Å². The van der Waals surface area contributed by atoms with Crippen molar-refractivity contribution in [1.82, 2.24) is 5.01 Å². The Morgan fingerprint density at radius 2 is 1.84 bits per heavy atom. The van der Waals surface area contributed by atoms with Crippen LogP contribution in [-0.4, -0.2) is 35.3 Å². The van der Waals surface area contributed by atoms with Crippen LogP contribution in [0.2, 0.25) is 0 Å². The van der Waals surface area contributed by atoms with Crippen molar-refractivity contribution in [1.29, 1.82) is 0 Å². The predicted molar refractivity (Wildman–Crippen MR) is 88.9 cm³/mol. The van der Waals surface area contributed by atoms with Gasteiger partial charge in [-0.05, 0) is 53.9 Å². The molecule has 2 amide bonds. The van der Waals surface area contributed by atoms with Crippen LogP contribution >= 0.6 is 0 Å². The molecule has 1 aromatic rings. The van der Waals surface area contributed by atoms with Gasteiger partial charge in [-0.3, -0.25) is 9.59 Å². The van der Waals surface area contributed by atoms with Crippen molar-refractivity contribution >= 4 is 18.0 Å². The number of carbonyl (C=O) groups is 2. The maximum absolute atomic E-state index is 12.8. The van der Waals surface area contributed by atoms with Gasteiger partial charge >= 0.3 is 0 Å². The number of fused-ring (bicyclic) bond motifs is 3. The van der Waals surface area contributed by atoms with Gasteiger partial charge in [0.05, 0.1) is 25.2 Å². The average Bonchev–Trinajstić information content (AvgIpc) is 3.21. The van der Waals surface area contributed by atoms with E-state index >= 15 is 0 Å². The number of benzene rings is 1. The molecule has 0 aromatic heterocycles. The maximum atomic E-state index is 12.8. The van der Waals surface area contributed by atoms with Crippen molar-refractivity contribution < 1.29 is 19.4 Å². The Hall–Kier alpha value is -2.63. The number of phenols is 1. The zero-order valence-electron chi connectivity index (χ0n) is 13.8. The van der Waals surface area contributed by atoms with Crippen molar-refractivity contribution in [2.24, 2.45) is 34.2 Å². The minimum absolute atomic E-state index is 0.0277. The molecule has 3 fully saturated rings. The first-order valence-electron chi connectivity index (χ1n) is 8.54. The quantitative estimate of drug-likeness (QED) is 0.519. The van der Waals surface area contributed by atoms with E-state index in [1.807, 2.05) is 0 Å². The lowest BCUT2D eigenvalue weighted by atomic mass is 9.85. The van der Waals surface area contributed by atoms with Crippen molar-refractivity contribution in [2.45, 2.75) is 12.8 Å². The summed E-state index contributed by atoms with van der Waals surface area (Å²) in [4.78, 5) is 25.6. The first kappa shape index (κ1) is 14.7. The van der Waals surface area contributed by atoms with Gasteiger partial charge in [-0.1, -0.05) is 12.2 Å². The summed E-state index contributed by atoms with van der Waals surface area (Å²) in [6.07, 6.45) is 7.99. The van der Waals surface area contributed by atoms with Crippen molar-refractivity contribution in [3.05, 3.63) is 35.9 Å². The SMILES string of the molecule is COc1cc(C=NN2C(=O)[C@H]3[C@H](C2=O)[C@H]2C=C[C@H]3C23CC3)ccc1O. The van der Waals surface area contributed by atoms with Gasteiger partial charge in [0.25, 0.3) is 11.8 Å². The Morgan fingerprint density at radius 1 is 1.20 bits per heavy atom. The molecule has 1 N–H and O–H groups in total. The van der Waals surface area contributed by atoms with E-state index in [4.69, 9.17) is 4.74 Å². The summed E-state index contributed by atoms with van der Waals surface area (Å²) in [6, 6.07) is 4.75. The molecule has 1 aromatic carbocycles. The smallest absolute Gasteiger partial charge is 0.254 e. The Bertz CT molecular complexity index is 821. The molecular formula is C19H18N2O4. The van der Waals surface area contributed by atoms with Crippen LogP contribution in [0.1, 0.15) is 18.4 Å². The lowest BCUT2D eigenvalue weighted by molar-refractivity contribution is -0.141. The standard InChI is InChI=1S/C19H18N2O4/c1-25-14-8-10(2-5-13(14)22)9-20-21-17(23)15-11-3-4-12(16(15)18(21)24)19(11)6-7-19/h2-5,8-9,11-12,15-16,22H,6-7H2,1H3/t11-,12-,15-,16-/m1/s1. The van der Waals surface area contributed by atoms with E-state index in [9.17, 15) is 14.7 Å². The highest BCUT2D eigenvalue weighted by Gasteiger charge is 2.73. The summed E-state index contributed by atoms with van der Waals surface area (Å²) in [5, 5.41) is 14.8. The first-order valence-corrected chi connectivity index (χ1v) is 8.54. The topological polar surface area (TPSA) is 79.2 Å². The summed E-state index contributed by atoms with van der Waals surface area (Å²) in [7, 11) is 1.46. The Morgan fingerprint density at radius 3 is 2.40 bits per heavy atom. The lowest BCUT2D eigenvalue weighted by Gasteiger charge is -2.18. The third kappa shape index (κ3) is 1.77. The normalized spacial score (nSPS) is 33.7. The maximum Gasteiger partial charge on any atom is 0.254 e. The van der Waals surface area contributed by atoms with E-state index in [-0.39, 0.29) is 46.7 Å². The van der Waals surface area contributed by atoms with Gasteiger partial charge in [-0.2, -0.15) is 10.1 Å². The fraction of sp³-hybridized carbons (Fsp3) is 0.421. The van der Waals surface area contributed by atoms with Gasteiger partial charge in [0.15, 0.2) is 11.5 Å². The zero-order valence-corrected chi connectivity index (χ0v) is 13.8. The van der Waals surface area contributed by atoms with E-state index in [1.165, 1.54) is 19.4 Å². The van der Waals surface area contributed by atoms with Crippen LogP contribution in [0.3, 0.4) is 0 Å². The van der Waals surface area contributed by atoms with Crippen LogP contribution in [0.25, 0.3) is 0 Å². The number of hydrazone groups is 1. The second-order valence-electron chi connectivity index (χ2n) is 7.39. The molecule has 0 unspecified atom stereocenters. The molecule has 6 heteroatoms. The van der Waals surface area contributed by atoms with Gasteiger partial charge in [0.2, 0.25) is 0 Å². The molecule has 1 aliphatic heterocycles. The molecular weight excluding hydrogens is 320 g/mol. The average molecular weight is 338 g/mol. The fourth-order valence-corrected chi connectivity index (χ4v) is 5.08. The number of carbonyl (C=O) groups excluding carboxylic acids is 2. The lowest BCUT2D eigenvalue weighted by Crippen LogP contribution is -2.30. The van der Waals surface area contributed by atoms with Crippen molar-refractivity contribution in [3.8, 4) is 11.5 Å². The second kappa shape index (κ2) is 4.71. The number of hydrogen-bond acceptors (Lipinski definition) is 5. The molecule has 2 saturated carbocycles. The second-order valence-corrected chi connectivity index (χ2v) is 7.39. The number of allylic oxidation sites excluding steroid dienone is 2. The molecule has 4 atom stereocenters. The van der Waals surface area contributed by atoms with E-state index in [0.717, 1.165) is 17.9 Å². The molecule has 1 heterocycles. The highest BCUT2D eigenvalue weighted by Crippen LogP contribution is 2.73. The molecule has 5 rings (SSSR count). The molecule has 3 aliphatic carbocycles. The van der Waals surface area contributed by atoms with Crippen LogP contribution in [0, 0.1) is 29.1 Å². The monoisotopic (exact) mass is 338 g/mol. The van der Waals surface area contributed by atoms with E-state index in [2.05, 4.69) is 17.3 Å². The van der Waals surface area contributed by atoms with Gasteiger partial charge in [0.1, 0.15) is 0 Å². The van der Waals surface area contributed by atoms with Crippen LogP contribution < -0.4 is 4.74 Å². The van der Waals surface area contributed by atoms with Gasteiger partial charge < -0.3 is 9.84 Å². The summed E-state index contributed by atoms with van der Waals surface area (Å²) in [5.74, 6) is -0.0909. The van der Waals surface area contributed by atoms with E-state index in [0.29, 0.717) is 11.3 Å². The number of phenolic OH excluding ortho intramolecular Hbond substituents is 1. The molecule has 1 spiro atoms.